The fraction of sp³-hybridized carbons (Fsp3) is 0.118. The number of benzene rings is 1. The Labute approximate surface area is 157 Å². The monoisotopic (exact) mass is 416 g/mol. The first-order chi connectivity index (χ1) is 12.7. The maximum atomic E-state index is 12.9. The lowest BCUT2D eigenvalue weighted by molar-refractivity contribution is -0.137. The summed E-state index contributed by atoms with van der Waals surface area (Å²) < 4.78 is 71.0. The molecular formula is C17H12ClF3N2O3S. The van der Waals surface area contributed by atoms with Crippen LogP contribution in [0.15, 0.2) is 64.2 Å². The van der Waals surface area contributed by atoms with Gasteiger partial charge in [0.05, 0.1) is 21.7 Å². The molecule has 1 aromatic carbocycles. The number of alkyl halides is 3. The summed E-state index contributed by atoms with van der Waals surface area (Å²) >= 11 is 5.52. The molecular weight excluding hydrogens is 405 g/mol. The second-order valence-corrected chi connectivity index (χ2v) is 7.66. The number of nitrogens with one attached hydrogen (secondary N) is 1. The van der Waals surface area contributed by atoms with Crippen LogP contribution in [0.4, 0.5) is 13.2 Å². The first-order valence-corrected chi connectivity index (χ1v) is 9.38. The molecule has 5 nitrogen and oxygen atoms in total. The van der Waals surface area contributed by atoms with Gasteiger partial charge in [-0.05, 0) is 48.0 Å². The Hall–Kier alpha value is -2.36. The number of pyridine rings is 1. The normalized spacial score (nSPS) is 12.3. The van der Waals surface area contributed by atoms with E-state index in [1.807, 2.05) is 0 Å². The van der Waals surface area contributed by atoms with Crippen molar-refractivity contribution >= 4 is 21.6 Å². The minimum absolute atomic E-state index is 0.136. The largest absolute Gasteiger partial charge is 0.463 e. The van der Waals surface area contributed by atoms with Gasteiger partial charge in [0, 0.05) is 12.7 Å². The lowest BCUT2D eigenvalue weighted by Gasteiger charge is -2.12. The molecule has 10 heteroatoms. The van der Waals surface area contributed by atoms with E-state index in [2.05, 4.69) is 9.71 Å². The van der Waals surface area contributed by atoms with E-state index in [1.54, 1.807) is 24.3 Å². The minimum Gasteiger partial charge on any atom is -0.463 e. The second-order valence-electron chi connectivity index (χ2n) is 5.49. The Bertz CT molecular complexity index is 1050. The van der Waals surface area contributed by atoms with E-state index in [4.69, 9.17) is 16.0 Å². The Morgan fingerprint density at radius 1 is 1.15 bits per heavy atom. The zero-order valence-electron chi connectivity index (χ0n) is 13.5. The predicted octanol–water partition coefficient (Wildman–Crippen LogP) is 4.49. The predicted molar refractivity (Wildman–Crippen MR) is 92.4 cm³/mol. The average molecular weight is 417 g/mol. The summed E-state index contributed by atoms with van der Waals surface area (Å²) in [6.07, 6.45) is -1.80. The minimum atomic E-state index is -4.76. The molecule has 0 amide bonds. The number of rotatable bonds is 5. The van der Waals surface area contributed by atoms with Crippen LogP contribution in [0.5, 0.6) is 0 Å². The summed E-state index contributed by atoms with van der Waals surface area (Å²) in [6, 6.07) is 9.00. The summed E-state index contributed by atoms with van der Waals surface area (Å²) in [5.41, 5.74) is -0.149. The molecule has 2 aromatic heterocycles. The molecule has 0 spiro atoms. The van der Waals surface area contributed by atoms with Gasteiger partial charge in [0.15, 0.2) is 5.76 Å². The van der Waals surface area contributed by atoms with Crippen LogP contribution in [0, 0.1) is 0 Å². The molecule has 0 aliphatic heterocycles. The van der Waals surface area contributed by atoms with Crippen molar-refractivity contribution in [2.45, 2.75) is 17.6 Å². The third-order valence-electron chi connectivity index (χ3n) is 3.62. The summed E-state index contributed by atoms with van der Waals surface area (Å²) in [5, 5.41) is -0.571. The van der Waals surface area contributed by atoms with Crippen molar-refractivity contribution in [3.8, 4) is 11.5 Å². The third kappa shape index (κ3) is 4.49. The molecule has 0 radical (unpaired) electrons. The highest BCUT2D eigenvalue weighted by atomic mass is 35.5. The first-order valence-electron chi connectivity index (χ1n) is 7.52. The molecule has 0 unspecified atom stereocenters. The number of sulfonamides is 1. The van der Waals surface area contributed by atoms with Crippen molar-refractivity contribution < 1.29 is 26.0 Å². The number of nitrogens with zero attached hydrogens (tertiary/aromatic N) is 1. The van der Waals surface area contributed by atoms with E-state index < -0.39 is 31.7 Å². The fourth-order valence-corrected chi connectivity index (χ4v) is 3.56. The zero-order valence-corrected chi connectivity index (χ0v) is 15.1. The lowest BCUT2D eigenvalue weighted by atomic mass is 10.2. The van der Waals surface area contributed by atoms with Gasteiger partial charge >= 0.3 is 6.18 Å². The summed E-state index contributed by atoms with van der Waals surface area (Å²) in [7, 11) is -4.18. The Morgan fingerprint density at radius 3 is 2.59 bits per heavy atom. The van der Waals surface area contributed by atoms with Crippen molar-refractivity contribution in [3.63, 3.8) is 0 Å². The molecule has 2 heterocycles. The summed E-state index contributed by atoms with van der Waals surface area (Å²) in [6.45, 7) is -0.136. The first kappa shape index (κ1) is 19.4. The maximum Gasteiger partial charge on any atom is 0.417 e. The van der Waals surface area contributed by atoms with Crippen LogP contribution < -0.4 is 4.72 Å². The number of halogens is 4. The summed E-state index contributed by atoms with van der Waals surface area (Å²) in [4.78, 5) is 3.59. The SMILES string of the molecule is O=S(=O)(NCc1ccnc(-c2ccco2)c1)c1ccc(Cl)c(C(F)(F)F)c1. The van der Waals surface area contributed by atoms with Gasteiger partial charge in [-0.15, -0.1) is 0 Å². The molecule has 142 valence electrons. The van der Waals surface area contributed by atoms with Crippen LogP contribution in [-0.4, -0.2) is 13.4 Å². The van der Waals surface area contributed by atoms with Gasteiger partial charge in [0.25, 0.3) is 0 Å². The fourth-order valence-electron chi connectivity index (χ4n) is 2.29. The van der Waals surface area contributed by atoms with E-state index in [9.17, 15) is 21.6 Å². The highest BCUT2D eigenvalue weighted by Crippen LogP contribution is 2.35. The van der Waals surface area contributed by atoms with Gasteiger partial charge in [-0.1, -0.05) is 11.6 Å². The molecule has 27 heavy (non-hydrogen) atoms. The van der Waals surface area contributed by atoms with Crippen molar-refractivity contribution in [2.24, 2.45) is 0 Å². The van der Waals surface area contributed by atoms with Gasteiger partial charge in [0.1, 0.15) is 5.69 Å². The van der Waals surface area contributed by atoms with Crippen LogP contribution in [0.3, 0.4) is 0 Å². The second kappa shape index (κ2) is 7.34. The Kier molecular flexibility index (Phi) is 5.27. The van der Waals surface area contributed by atoms with E-state index in [-0.39, 0.29) is 6.54 Å². The van der Waals surface area contributed by atoms with E-state index in [0.29, 0.717) is 23.1 Å². The Morgan fingerprint density at radius 2 is 1.93 bits per heavy atom. The zero-order chi connectivity index (χ0) is 19.7. The smallest absolute Gasteiger partial charge is 0.417 e. The number of furan rings is 1. The van der Waals surface area contributed by atoms with Crippen LogP contribution in [0.1, 0.15) is 11.1 Å². The standard InChI is InChI=1S/C17H12ClF3N2O3S/c18-14-4-3-12(9-13(14)17(19,20)21)27(24,25)23-10-11-5-6-22-15(8-11)16-2-1-7-26-16/h1-9,23H,10H2. The van der Waals surface area contributed by atoms with Crippen LogP contribution in [0.2, 0.25) is 5.02 Å². The third-order valence-corrected chi connectivity index (χ3v) is 5.35. The van der Waals surface area contributed by atoms with Crippen LogP contribution >= 0.6 is 11.6 Å². The van der Waals surface area contributed by atoms with Gasteiger partial charge in [-0.2, -0.15) is 13.2 Å². The number of aromatic nitrogens is 1. The number of hydrogen-bond donors (Lipinski definition) is 1. The van der Waals surface area contributed by atoms with Gasteiger partial charge < -0.3 is 4.42 Å². The quantitative estimate of drug-likeness (QED) is 0.665. The lowest BCUT2D eigenvalue weighted by Crippen LogP contribution is -2.23. The molecule has 0 aliphatic carbocycles. The van der Waals surface area contributed by atoms with Crippen molar-refractivity contribution in [2.75, 3.05) is 0 Å². The molecule has 0 aliphatic rings. The van der Waals surface area contributed by atoms with E-state index in [0.717, 1.165) is 12.1 Å². The maximum absolute atomic E-state index is 12.9. The topological polar surface area (TPSA) is 72.2 Å². The van der Waals surface area contributed by atoms with Crippen LogP contribution in [0.25, 0.3) is 11.5 Å². The molecule has 0 saturated carbocycles. The van der Waals surface area contributed by atoms with E-state index in [1.165, 1.54) is 12.5 Å². The molecule has 0 bridgehead atoms. The summed E-state index contributed by atoms with van der Waals surface area (Å²) in [5.74, 6) is 0.507. The van der Waals surface area contributed by atoms with Crippen molar-refractivity contribution in [1.82, 2.24) is 9.71 Å². The van der Waals surface area contributed by atoms with E-state index >= 15 is 0 Å². The number of hydrogen-bond acceptors (Lipinski definition) is 4. The molecule has 0 fully saturated rings. The highest BCUT2D eigenvalue weighted by molar-refractivity contribution is 7.89. The van der Waals surface area contributed by atoms with Gasteiger partial charge in [-0.3, -0.25) is 4.98 Å². The van der Waals surface area contributed by atoms with Crippen molar-refractivity contribution in [1.29, 1.82) is 0 Å². The van der Waals surface area contributed by atoms with Crippen molar-refractivity contribution in [3.05, 3.63) is 71.1 Å². The Balaban J connectivity index is 1.81. The van der Waals surface area contributed by atoms with Crippen LogP contribution in [-0.2, 0) is 22.7 Å². The van der Waals surface area contributed by atoms with Gasteiger partial charge in [0.2, 0.25) is 10.0 Å². The molecule has 3 aromatic rings. The highest BCUT2D eigenvalue weighted by Gasteiger charge is 2.34. The molecule has 3 rings (SSSR count). The molecule has 0 saturated heterocycles. The van der Waals surface area contributed by atoms with Gasteiger partial charge in [-0.25, -0.2) is 13.1 Å². The molecule has 0 atom stereocenters. The molecule has 1 N–H and O–H groups in total. The average Bonchev–Trinajstić information content (AvgIpc) is 3.14.